The lowest BCUT2D eigenvalue weighted by molar-refractivity contribution is -0.129. The van der Waals surface area contributed by atoms with Crippen molar-refractivity contribution in [3.8, 4) is 0 Å². The third-order valence-electron chi connectivity index (χ3n) is 9.25. The van der Waals surface area contributed by atoms with Crippen LogP contribution in [0.15, 0.2) is 207 Å². The van der Waals surface area contributed by atoms with Crippen LogP contribution in [0.5, 0.6) is 0 Å². The summed E-state index contributed by atoms with van der Waals surface area (Å²) in [4.78, 5) is 25.5. The van der Waals surface area contributed by atoms with Gasteiger partial charge in [-0.1, -0.05) is 133 Å². The summed E-state index contributed by atoms with van der Waals surface area (Å²) < 4.78 is 0. The van der Waals surface area contributed by atoms with Gasteiger partial charge in [-0.3, -0.25) is 4.79 Å². The van der Waals surface area contributed by atoms with Crippen molar-refractivity contribution in [3.05, 3.63) is 218 Å². The molecule has 0 radical (unpaired) electrons. The van der Waals surface area contributed by atoms with E-state index in [-0.39, 0.29) is 5.78 Å². The molecule has 5 nitrogen and oxygen atoms in total. The highest BCUT2D eigenvalue weighted by Crippen LogP contribution is 2.53. The van der Waals surface area contributed by atoms with Gasteiger partial charge in [0.25, 0.3) is 0 Å². The topological polar surface area (TPSA) is 30.0 Å². The molecule has 0 unspecified atom stereocenters. The molecule has 48 heavy (non-hydrogen) atoms. The van der Waals surface area contributed by atoms with Crippen molar-refractivity contribution in [2.75, 3.05) is 19.6 Å². The minimum Gasteiger partial charge on any atom is -0.312 e. The second kappa shape index (κ2) is 12.1. The summed E-state index contributed by atoms with van der Waals surface area (Å²) in [6, 6.07) is 61.0. The van der Waals surface area contributed by atoms with Crippen LogP contribution in [0.2, 0.25) is 0 Å². The van der Waals surface area contributed by atoms with Crippen molar-refractivity contribution in [2.45, 2.75) is 11.3 Å². The van der Waals surface area contributed by atoms with E-state index < -0.39 is 11.3 Å². The molecule has 0 bridgehead atoms. The van der Waals surface area contributed by atoms with Crippen molar-refractivity contribution in [1.29, 1.82) is 0 Å². The Kier molecular flexibility index (Phi) is 7.35. The smallest absolute Gasteiger partial charge is 0.235 e. The fourth-order valence-electron chi connectivity index (χ4n) is 7.22. The number of rotatable bonds is 8. The zero-order valence-corrected chi connectivity index (χ0v) is 26.3. The Labute approximate surface area is 281 Å². The molecule has 8 rings (SSSR count). The summed E-state index contributed by atoms with van der Waals surface area (Å²) in [6.07, 6.45) is 8.14. The minimum atomic E-state index is -1.37. The van der Waals surface area contributed by atoms with Crippen molar-refractivity contribution in [1.82, 2.24) is 0 Å². The largest absolute Gasteiger partial charge is 0.312 e. The Morgan fingerprint density at radius 1 is 0.312 bits per heavy atom. The highest BCUT2D eigenvalue weighted by atomic mass is 16.1. The molecule has 2 aliphatic rings. The maximum absolute atomic E-state index is 17.0. The Hall–Kier alpha value is -6.33. The minimum absolute atomic E-state index is 0.0530. The first kappa shape index (κ1) is 29.1. The number of carbonyl (C=O) groups excluding carboxylic acids is 1. The van der Waals surface area contributed by atoms with Crippen molar-refractivity contribution in [2.24, 2.45) is 0 Å². The van der Waals surface area contributed by atoms with E-state index in [1.807, 2.05) is 134 Å². The Balaban J connectivity index is 1.50. The lowest BCUT2D eigenvalue weighted by Crippen LogP contribution is -2.69. The maximum atomic E-state index is 17.0. The van der Waals surface area contributed by atoms with Crippen molar-refractivity contribution in [3.63, 3.8) is 0 Å². The molecule has 0 fully saturated rings. The SMILES string of the molecule is O=C(C1(c2ccccc2)N(c2ccccc2)C=CN1c1ccccc1)C1(c2ccccc2)N(c2ccccc2)C=CN1c1ccccc1. The normalized spacial score (nSPS) is 16.0. The molecule has 2 heterocycles. The van der Waals surface area contributed by atoms with Gasteiger partial charge in [-0.05, 0) is 48.5 Å². The van der Waals surface area contributed by atoms with Gasteiger partial charge < -0.3 is 19.6 Å². The second-order valence-corrected chi connectivity index (χ2v) is 11.8. The fourth-order valence-corrected chi connectivity index (χ4v) is 7.22. The van der Waals surface area contributed by atoms with E-state index >= 15 is 4.79 Å². The van der Waals surface area contributed by atoms with E-state index in [0.717, 1.165) is 33.9 Å². The average Bonchev–Trinajstić information content (AvgIpc) is 3.78. The van der Waals surface area contributed by atoms with Gasteiger partial charge in [0.05, 0.1) is 0 Å². The molecule has 6 aromatic carbocycles. The number of Topliss-reactive ketones (excluding diaryl/α,β-unsaturated/α-hetero) is 1. The number of ketones is 1. The molecule has 0 atom stereocenters. The highest BCUT2D eigenvalue weighted by Gasteiger charge is 2.65. The zero-order chi connectivity index (χ0) is 32.4. The van der Waals surface area contributed by atoms with E-state index in [2.05, 4.69) is 92.4 Å². The predicted octanol–water partition coefficient (Wildman–Crippen LogP) is 9.26. The molecule has 0 aliphatic carbocycles. The standard InChI is InChI=1S/C43H34N4O/c48-41(42(35-19-7-1-8-20-35)44(37-23-11-3-12-24-37)31-32-45(42)38-25-13-4-14-26-38)43(36-21-9-2-10-22-36)46(39-27-15-5-16-28-39)33-34-47(43)40-29-17-6-18-30-40/h1-34H. The molecule has 0 N–H and O–H groups in total. The van der Waals surface area contributed by atoms with E-state index in [1.54, 1.807) is 0 Å². The molecule has 6 aromatic rings. The van der Waals surface area contributed by atoms with Gasteiger partial charge >= 0.3 is 0 Å². The molecule has 0 aromatic heterocycles. The first-order chi connectivity index (χ1) is 23.8. The quantitative estimate of drug-likeness (QED) is 0.169. The molecule has 232 valence electrons. The van der Waals surface area contributed by atoms with Crippen LogP contribution >= 0.6 is 0 Å². The number of hydrogen-bond acceptors (Lipinski definition) is 5. The van der Waals surface area contributed by atoms with Crippen LogP contribution in [0.25, 0.3) is 0 Å². The van der Waals surface area contributed by atoms with Gasteiger partial charge in [-0.2, -0.15) is 0 Å². The van der Waals surface area contributed by atoms with Crippen LogP contribution in [0.4, 0.5) is 22.7 Å². The van der Waals surface area contributed by atoms with Gasteiger partial charge in [0, 0.05) is 58.7 Å². The van der Waals surface area contributed by atoms with E-state index in [9.17, 15) is 0 Å². The Morgan fingerprint density at radius 2 is 0.521 bits per heavy atom. The molecule has 0 saturated carbocycles. The highest BCUT2D eigenvalue weighted by molar-refractivity contribution is 6.09. The fraction of sp³-hybridized carbons (Fsp3) is 0.0465. The number of benzene rings is 6. The Bertz CT molecular complexity index is 1800. The van der Waals surface area contributed by atoms with Gasteiger partial charge in [0.15, 0.2) is 0 Å². The molecular formula is C43H34N4O. The van der Waals surface area contributed by atoms with E-state index in [4.69, 9.17) is 0 Å². The average molecular weight is 623 g/mol. The zero-order valence-electron chi connectivity index (χ0n) is 26.3. The van der Waals surface area contributed by atoms with Crippen LogP contribution in [0.3, 0.4) is 0 Å². The summed E-state index contributed by atoms with van der Waals surface area (Å²) in [5.41, 5.74) is 2.55. The summed E-state index contributed by atoms with van der Waals surface area (Å²) in [6.45, 7) is 0. The second-order valence-electron chi connectivity index (χ2n) is 11.8. The molecule has 0 spiro atoms. The number of hydrogen-bond donors (Lipinski definition) is 0. The van der Waals surface area contributed by atoms with Gasteiger partial charge in [0.2, 0.25) is 17.1 Å². The van der Waals surface area contributed by atoms with E-state index in [1.165, 1.54) is 0 Å². The number of carbonyl (C=O) groups is 1. The number of para-hydroxylation sites is 4. The van der Waals surface area contributed by atoms with Crippen LogP contribution in [0.1, 0.15) is 11.1 Å². The lowest BCUT2D eigenvalue weighted by Gasteiger charge is -2.53. The molecule has 0 amide bonds. The maximum Gasteiger partial charge on any atom is 0.235 e. The van der Waals surface area contributed by atoms with Crippen molar-refractivity contribution >= 4 is 28.5 Å². The van der Waals surface area contributed by atoms with Crippen LogP contribution in [-0.4, -0.2) is 5.78 Å². The first-order valence-electron chi connectivity index (χ1n) is 16.2. The molecular weight excluding hydrogens is 589 g/mol. The van der Waals surface area contributed by atoms with Crippen LogP contribution in [-0.2, 0) is 16.1 Å². The van der Waals surface area contributed by atoms with Crippen LogP contribution in [0, 0.1) is 0 Å². The monoisotopic (exact) mass is 622 g/mol. The summed E-state index contributed by atoms with van der Waals surface area (Å²) >= 11 is 0. The van der Waals surface area contributed by atoms with Gasteiger partial charge in [0.1, 0.15) is 0 Å². The number of anilines is 4. The summed E-state index contributed by atoms with van der Waals surface area (Å²) in [5.74, 6) is -0.0530. The molecule has 2 aliphatic heterocycles. The number of nitrogens with zero attached hydrogens (tertiary/aromatic N) is 4. The third kappa shape index (κ3) is 4.43. The lowest BCUT2D eigenvalue weighted by atomic mass is 9.79. The van der Waals surface area contributed by atoms with Gasteiger partial charge in [-0.15, -0.1) is 0 Å². The third-order valence-corrected chi connectivity index (χ3v) is 9.25. The summed E-state index contributed by atoms with van der Waals surface area (Å²) in [7, 11) is 0. The van der Waals surface area contributed by atoms with E-state index in [0.29, 0.717) is 0 Å². The molecule has 5 heteroatoms. The van der Waals surface area contributed by atoms with Gasteiger partial charge in [-0.25, -0.2) is 0 Å². The molecule has 0 saturated heterocycles. The Morgan fingerprint density at radius 3 is 0.750 bits per heavy atom. The first-order valence-corrected chi connectivity index (χ1v) is 16.2. The summed E-state index contributed by atoms with van der Waals surface area (Å²) in [5, 5.41) is 0. The van der Waals surface area contributed by atoms with Crippen LogP contribution < -0.4 is 19.6 Å². The predicted molar refractivity (Wildman–Crippen MR) is 195 cm³/mol. The van der Waals surface area contributed by atoms with Crippen molar-refractivity contribution < 1.29 is 4.79 Å².